The molecule has 1 N–H and O–H groups in total. The molecule has 0 fully saturated rings. The number of allylic oxidation sites excluding steroid dienone is 1. The molecular formula is C5H4N4S. The van der Waals surface area contributed by atoms with Gasteiger partial charge in [-0.15, -0.1) is 5.10 Å². The third kappa shape index (κ3) is 0.841. The van der Waals surface area contributed by atoms with E-state index in [1.54, 1.807) is 6.21 Å². The first kappa shape index (κ1) is 5.67. The van der Waals surface area contributed by atoms with Crippen molar-refractivity contribution in [1.29, 1.82) is 0 Å². The maximum Gasteiger partial charge on any atom is 0.168 e. The van der Waals surface area contributed by atoms with Gasteiger partial charge in [0.25, 0.3) is 0 Å². The number of nitrogens with zero attached hydrogens (tertiary/aromatic N) is 3. The van der Waals surface area contributed by atoms with Crippen LogP contribution in [0.3, 0.4) is 0 Å². The highest BCUT2D eigenvalue weighted by atomic mass is 32.2. The lowest BCUT2D eigenvalue weighted by Crippen LogP contribution is -1.71. The predicted molar refractivity (Wildman–Crippen MR) is 39.8 cm³/mol. The second kappa shape index (κ2) is 2.26. The molecule has 10 heavy (non-hydrogen) atoms. The third-order valence-corrected chi connectivity index (χ3v) is 1.78. The smallest absolute Gasteiger partial charge is 0.168 e. The van der Waals surface area contributed by atoms with Crippen molar-refractivity contribution in [3.05, 3.63) is 11.8 Å². The molecule has 2 rings (SSSR count). The molecule has 0 aromatic carbocycles. The van der Waals surface area contributed by atoms with E-state index in [9.17, 15) is 0 Å². The van der Waals surface area contributed by atoms with E-state index in [1.807, 2.05) is 12.2 Å². The monoisotopic (exact) mass is 152 g/mol. The van der Waals surface area contributed by atoms with E-state index in [4.69, 9.17) is 0 Å². The van der Waals surface area contributed by atoms with Crippen molar-refractivity contribution in [3.8, 4) is 0 Å². The Labute approximate surface area is 61.6 Å². The van der Waals surface area contributed by atoms with Crippen molar-refractivity contribution in [2.45, 2.75) is 5.03 Å². The molecule has 0 amide bonds. The molecule has 0 unspecified atom stereocenters. The highest BCUT2D eigenvalue weighted by Gasteiger charge is 2.04. The lowest BCUT2D eigenvalue weighted by Gasteiger charge is -1.82. The first-order valence-corrected chi connectivity index (χ1v) is 3.52. The average Bonchev–Trinajstić information content (AvgIpc) is 2.28. The molecule has 1 aromatic rings. The second-order valence-electron chi connectivity index (χ2n) is 1.72. The zero-order valence-electron chi connectivity index (χ0n) is 4.98. The highest BCUT2D eigenvalue weighted by Crippen LogP contribution is 2.21. The van der Waals surface area contributed by atoms with E-state index in [-0.39, 0.29) is 0 Å². The van der Waals surface area contributed by atoms with Crippen molar-refractivity contribution in [2.75, 3.05) is 0 Å². The number of fused-ring (bicyclic) bond motifs is 1. The van der Waals surface area contributed by atoms with Gasteiger partial charge in [0.05, 0.1) is 0 Å². The number of H-pyrrole nitrogens is 1. The van der Waals surface area contributed by atoms with Crippen molar-refractivity contribution in [1.82, 2.24) is 15.4 Å². The molecule has 1 aromatic heterocycles. The number of hydrogen-bond donors (Lipinski definition) is 1. The summed E-state index contributed by atoms with van der Waals surface area (Å²) < 4.78 is 3.97. The summed E-state index contributed by atoms with van der Waals surface area (Å²) in [6, 6.07) is 0. The number of hydrogen-bond acceptors (Lipinski definition) is 4. The van der Waals surface area contributed by atoms with E-state index >= 15 is 0 Å². The van der Waals surface area contributed by atoms with Gasteiger partial charge in [0.2, 0.25) is 0 Å². The Bertz CT molecular complexity index is 288. The maximum absolute atomic E-state index is 3.97. The zero-order chi connectivity index (χ0) is 6.81. The fourth-order valence-electron chi connectivity index (χ4n) is 0.655. The molecule has 1 aliphatic rings. The van der Waals surface area contributed by atoms with Crippen LogP contribution in [0.4, 0.5) is 0 Å². The summed E-state index contributed by atoms with van der Waals surface area (Å²) in [5.41, 5.74) is 0.850. The van der Waals surface area contributed by atoms with Gasteiger partial charge in [0.15, 0.2) is 5.03 Å². The van der Waals surface area contributed by atoms with Crippen LogP contribution in [0.5, 0.6) is 0 Å². The molecule has 2 heterocycles. The Balaban J connectivity index is 2.50. The minimum Gasteiger partial charge on any atom is -0.218 e. The second-order valence-corrected chi connectivity index (χ2v) is 2.50. The molecule has 50 valence electrons. The largest absolute Gasteiger partial charge is 0.218 e. The van der Waals surface area contributed by atoms with Gasteiger partial charge >= 0.3 is 0 Å². The quantitative estimate of drug-likeness (QED) is 0.562. The molecule has 0 radical (unpaired) electrons. The summed E-state index contributed by atoms with van der Waals surface area (Å²) in [6.07, 6.45) is 5.41. The summed E-state index contributed by atoms with van der Waals surface area (Å²) in [7, 11) is 0. The van der Waals surface area contributed by atoms with Crippen molar-refractivity contribution < 1.29 is 0 Å². The lowest BCUT2D eigenvalue weighted by molar-refractivity contribution is 0.910. The van der Waals surface area contributed by atoms with Gasteiger partial charge in [-0.25, -0.2) is 4.40 Å². The van der Waals surface area contributed by atoms with Crippen LogP contribution < -0.4 is 0 Å². The number of aromatic amines is 1. The van der Waals surface area contributed by atoms with E-state index in [2.05, 4.69) is 19.8 Å². The normalized spacial score (nSPS) is 14.8. The summed E-state index contributed by atoms with van der Waals surface area (Å²) in [5.74, 6) is 0. The Morgan fingerprint density at radius 1 is 1.40 bits per heavy atom. The standard InChI is InChI=1S/C5H4N4S/c1-2-4-5(8-9-7-4)10-6-3-1/h1-3H,(H,7,8,9). The molecule has 1 aliphatic heterocycles. The topological polar surface area (TPSA) is 53.9 Å². The van der Waals surface area contributed by atoms with Gasteiger partial charge in [-0.1, -0.05) is 0 Å². The third-order valence-electron chi connectivity index (χ3n) is 1.08. The van der Waals surface area contributed by atoms with Crippen LogP contribution in [0, 0.1) is 0 Å². The van der Waals surface area contributed by atoms with Gasteiger partial charge in [0, 0.05) is 18.2 Å². The lowest BCUT2D eigenvalue weighted by atomic mass is 10.4. The molecule has 0 saturated carbocycles. The number of aromatic nitrogens is 3. The first-order chi connectivity index (χ1) is 4.97. The molecule has 0 bridgehead atoms. The fraction of sp³-hybridized carbons (Fsp3) is 0. The van der Waals surface area contributed by atoms with Gasteiger partial charge in [-0.3, -0.25) is 0 Å². The summed E-state index contributed by atoms with van der Waals surface area (Å²) in [4.78, 5) is 0. The molecule has 5 heteroatoms. The SMILES string of the molecule is C1=Cc2n[nH]nc2SN=C1. The van der Waals surface area contributed by atoms with E-state index in [1.165, 1.54) is 11.9 Å². The van der Waals surface area contributed by atoms with Gasteiger partial charge in [-0.2, -0.15) is 10.3 Å². The molecular weight excluding hydrogens is 148 g/mol. The average molecular weight is 152 g/mol. The van der Waals surface area contributed by atoms with E-state index < -0.39 is 0 Å². The van der Waals surface area contributed by atoms with Crippen LogP contribution in [0.25, 0.3) is 6.08 Å². The van der Waals surface area contributed by atoms with Crippen molar-refractivity contribution >= 4 is 24.2 Å². The summed E-state index contributed by atoms with van der Waals surface area (Å²) >= 11 is 1.32. The summed E-state index contributed by atoms with van der Waals surface area (Å²) in [6.45, 7) is 0. The molecule has 0 spiro atoms. The van der Waals surface area contributed by atoms with Crippen LogP contribution in [0.1, 0.15) is 5.69 Å². The Morgan fingerprint density at radius 2 is 2.40 bits per heavy atom. The van der Waals surface area contributed by atoms with E-state index in [0.29, 0.717) is 0 Å². The highest BCUT2D eigenvalue weighted by molar-refractivity contribution is 7.98. The summed E-state index contributed by atoms with van der Waals surface area (Å²) in [5, 5.41) is 11.1. The fourth-order valence-corrected chi connectivity index (χ4v) is 1.17. The Morgan fingerprint density at radius 3 is 3.40 bits per heavy atom. The van der Waals surface area contributed by atoms with Crippen molar-refractivity contribution in [3.63, 3.8) is 0 Å². The van der Waals surface area contributed by atoms with Gasteiger partial charge in [-0.05, 0) is 12.2 Å². The minimum absolute atomic E-state index is 0.824. The van der Waals surface area contributed by atoms with E-state index in [0.717, 1.165) is 10.7 Å². The number of nitrogens with one attached hydrogen (secondary N) is 1. The van der Waals surface area contributed by atoms with Gasteiger partial charge < -0.3 is 0 Å². The van der Waals surface area contributed by atoms with Crippen LogP contribution in [-0.2, 0) is 0 Å². The van der Waals surface area contributed by atoms with Crippen molar-refractivity contribution in [2.24, 2.45) is 4.40 Å². The number of rotatable bonds is 0. The molecule has 0 atom stereocenters. The molecule has 4 nitrogen and oxygen atoms in total. The zero-order valence-corrected chi connectivity index (χ0v) is 5.80. The Hall–Kier alpha value is -1.10. The molecule has 0 aliphatic carbocycles. The van der Waals surface area contributed by atoms with Crippen LogP contribution in [-0.4, -0.2) is 21.6 Å². The Kier molecular flexibility index (Phi) is 1.28. The van der Waals surface area contributed by atoms with Crippen LogP contribution in [0.2, 0.25) is 0 Å². The predicted octanol–water partition coefficient (Wildman–Crippen LogP) is 0.909. The van der Waals surface area contributed by atoms with Crippen LogP contribution in [0.15, 0.2) is 15.5 Å². The maximum atomic E-state index is 3.97. The van der Waals surface area contributed by atoms with Crippen LogP contribution >= 0.6 is 11.9 Å². The molecule has 0 saturated heterocycles. The van der Waals surface area contributed by atoms with Gasteiger partial charge in [0.1, 0.15) is 5.69 Å². The minimum atomic E-state index is 0.824. The first-order valence-electron chi connectivity index (χ1n) is 2.74.